The number of Topliss-reactive ketones (excluding diaryl/α,β-unsaturated/α-hetero) is 3. The van der Waals surface area contributed by atoms with Crippen molar-refractivity contribution in [3.63, 3.8) is 0 Å². The van der Waals surface area contributed by atoms with Gasteiger partial charge in [-0.05, 0) is 43.7 Å². The maximum absolute atomic E-state index is 13.4. The molecule has 0 amide bonds. The molecule has 1 aliphatic rings. The van der Waals surface area contributed by atoms with Crippen molar-refractivity contribution in [3.8, 4) is 0 Å². The minimum atomic E-state index is -3.37. The molecule has 0 aromatic heterocycles. The van der Waals surface area contributed by atoms with Crippen molar-refractivity contribution in [1.82, 2.24) is 0 Å². The number of hydrogen-bond donors (Lipinski definition) is 4. The van der Waals surface area contributed by atoms with E-state index in [4.69, 9.17) is 4.74 Å². The van der Waals surface area contributed by atoms with Crippen molar-refractivity contribution in [2.75, 3.05) is 6.26 Å². The lowest BCUT2D eigenvalue weighted by Crippen LogP contribution is -2.87. The summed E-state index contributed by atoms with van der Waals surface area (Å²) in [6.07, 6.45) is -2.40. The van der Waals surface area contributed by atoms with Crippen LogP contribution in [0.1, 0.15) is 37.5 Å². The van der Waals surface area contributed by atoms with E-state index in [9.17, 15) is 34.8 Å². The molecular weight excluding hydrogens is 544 g/mol. The van der Waals surface area contributed by atoms with Crippen LogP contribution in [0.2, 0.25) is 0 Å². The van der Waals surface area contributed by atoms with Gasteiger partial charge in [0, 0.05) is 0 Å². The Balaban J connectivity index is 2.14. The van der Waals surface area contributed by atoms with Gasteiger partial charge in [-0.1, -0.05) is 91.0 Å². The summed E-state index contributed by atoms with van der Waals surface area (Å²) in [6, 6.07) is 26.6. The summed E-state index contributed by atoms with van der Waals surface area (Å²) in [5.41, 5.74) is -11.2. The molecule has 3 aromatic carbocycles. The largest absolute Gasteiger partial charge is 0.389 e. The van der Waals surface area contributed by atoms with Crippen molar-refractivity contribution in [2.45, 2.75) is 60.6 Å². The van der Waals surface area contributed by atoms with Gasteiger partial charge < -0.3 is 25.2 Å². The van der Waals surface area contributed by atoms with Crippen LogP contribution in [-0.2, 0) is 24.5 Å². The van der Waals surface area contributed by atoms with Crippen molar-refractivity contribution in [2.24, 2.45) is 0 Å². The van der Waals surface area contributed by atoms with Crippen LogP contribution in [0.3, 0.4) is 0 Å². The molecule has 216 valence electrons. The molecule has 4 rings (SSSR count). The number of carbonyl (C=O) groups is 3. The fourth-order valence-corrected chi connectivity index (χ4v) is 7.19. The van der Waals surface area contributed by atoms with Crippen LogP contribution in [0.5, 0.6) is 0 Å². The van der Waals surface area contributed by atoms with E-state index in [1.165, 1.54) is 6.26 Å². The Morgan fingerprint density at radius 2 is 1.07 bits per heavy atom. The zero-order valence-electron chi connectivity index (χ0n) is 23.2. The molecule has 0 aliphatic carbocycles. The van der Waals surface area contributed by atoms with Gasteiger partial charge in [-0.15, -0.1) is 11.8 Å². The lowest BCUT2D eigenvalue weighted by Gasteiger charge is -2.60. The molecule has 0 radical (unpaired) electrons. The first-order chi connectivity index (χ1) is 19.4. The molecule has 4 N–H and O–H groups in total. The second-order valence-corrected chi connectivity index (χ2v) is 11.3. The lowest BCUT2D eigenvalue weighted by atomic mass is 9.56. The fourth-order valence-electron chi connectivity index (χ4n) is 6.28. The molecule has 0 bridgehead atoms. The Hall–Kier alpha value is -3.18. The lowest BCUT2D eigenvalue weighted by molar-refractivity contribution is -0.316. The van der Waals surface area contributed by atoms with Crippen LogP contribution >= 0.6 is 11.8 Å². The van der Waals surface area contributed by atoms with Gasteiger partial charge in [0.15, 0.2) is 28.6 Å². The summed E-state index contributed by atoms with van der Waals surface area (Å²) >= 11 is 0.794. The topological polar surface area (TPSA) is 141 Å². The summed E-state index contributed by atoms with van der Waals surface area (Å²) in [5.74, 6) is -3.51. The molecule has 8 nitrogen and oxygen atoms in total. The van der Waals surface area contributed by atoms with E-state index in [2.05, 4.69) is 0 Å². The van der Waals surface area contributed by atoms with Crippen LogP contribution in [0, 0.1) is 0 Å². The Morgan fingerprint density at radius 3 is 1.37 bits per heavy atom. The summed E-state index contributed by atoms with van der Waals surface area (Å²) in [5, 5.41) is 48.6. The molecule has 9 heteroatoms. The highest BCUT2D eigenvalue weighted by Gasteiger charge is 2.79. The minimum absolute atomic E-state index is 0.555. The van der Waals surface area contributed by atoms with Gasteiger partial charge in [0.05, 0.1) is 5.41 Å². The Morgan fingerprint density at radius 1 is 0.707 bits per heavy atom. The number of hydrogen-bond acceptors (Lipinski definition) is 9. The number of thioether (sulfide) groups is 1. The summed E-state index contributed by atoms with van der Waals surface area (Å²) in [4.78, 5) is 39.6. The first-order valence-corrected chi connectivity index (χ1v) is 14.4. The second kappa shape index (κ2) is 11.2. The molecular formula is C32H34O8S. The molecule has 1 unspecified atom stereocenters. The number of aliphatic hydroxyl groups is 4. The third-order valence-corrected chi connectivity index (χ3v) is 9.22. The molecule has 0 spiro atoms. The normalized spacial score (nSPS) is 29.0. The van der Waals surface area contributed by atoms with Gasteiger partial charge >= 0.3 is 0 Å². The maximum Gasteiger partial charge on any atom is 0.200 e. The Labute approximate surface area is 243 Å². The van der Waals surface area contributed by atoms with E-state index >= 15 is 0 Å². The molecule has 1 saturated heterocycles. The van der Waals surface area contributed by atoms with E-state index in [1.807, 2.05) is 0 Å². The summed E-state index contributed by atoms with van der Waals surface area (Å²) in [6.45, 7) is 2.71. The number of ether oxygens (including phenoxy) is 1. The number of rotatable bonds is 9. The quantitative estimate of drug-likeness (QED) is 0.282. The summed E-state index contributed by atoms with van der Waals surface area (Å²) in [7, 11) is 0. The highest BCUT2D eigenvalue weighted by Crippen LogP contribution is 2.53. The predicted octanol–water partition coefficient (Wildman–Crippen LogP) is 2.43. The first kappa shape index (κ1) is 30.8. The van der Waals surface area contributed by atoms with Crippen LogP contribution in [-0.4, -0.2) is 78.5 Å². The van der Waals surface area contributed by atoms with Crippen molar-refractivity contribution >= 4 is 29.1 Å². The van der Waals surface area contributed by atoms with Crippen LogP contribution in [0.4, 0.5) is 0 Å². The van der Waals surface area contributed by atoms with E-state index in [0.717, 1.165) is 32.5 Å². The van der Waals surface area contributed by atoms with Crippen LogP contribution in [0.25, 0.3) is 0 Å². The predicted molar refractivity (Wildman–Crippen MR) is 154 cm³/mol. The molecule has 1 aliphatic heterocycles. The zero-order valence-corrected chi connectivity index (χ0v) is 24.0. The fraction of sp³-hybridized carbons (Fsp3) is 0.344. The monoisotopic (exact) mass is 578 g/mol. The Bertz CT molecular complexity index is 1320. The molecule has 1 fully saturated rings. The first-order valence-electron chi connectivity index (χ1n) is 13.1. The number of benzene rings is 3. The van der Waals surface area contributed by atoms with E-state index in [0.29, 0.717) is 16.7 Å². The molecule has 41 heavy (non-hydrogen) atoms. The van der Waals surface area contributed by atoms with E-state index in [1.54, 1.807) is 91.0 Å². The van der Waals surface area contributed by atoms with Gasteiger partial charge in [-0.25, -0.2) is 0 Å². The molecule has 6 atom stereocenters. The van der Waals surface area contributed by atoms with Gasteiger partial charge in [0.1, 0.15) is 17.6 Å². The SMILES string of the molecule is CS[C@@H]1O[C@H](C(O)C(c2ccccc2)(c2ccccc2)c2ccccc2)[C@](O)(C(C)=O)[C@@](O)(C(C)=O)[C@]1(O)C(C)=O. The van der Waals surface area contributed by atoms with Crippen molar-refractivity contribution < 1.29 is 39.5 Å². The maximum atomic E-state index is 13.4. The molecule has 1 heterocycles. The summed E-state index contributed by atoms with van der Waals surface area (Å²) < 4.78 is 6.13. The zero-order chi connectivity index (χ0) is 30.2. The molecule has 0 saturated carbocycles. The standard InChI is InChI=1S/C32H34O8S/c1-20(33)30(37)27(40-28(41-4)31(38,21(2)34)32(30,39)22(3)35)26(36)29(23-14-8-5-9-15-23,24-16-10-6-11-17-24)25-18-12-7-13-19-25/h5-19,26-28,36-39H,1-4H3/t26?,27-,28+,30-,31+,32+/m1/s1. The number of ketones is 3. The highest BCUT2D eigenvalue weighted by atomic mass is 32.2. The smallest absolute Gasteiger partial charge is 0.200 e. The van der Waals surface area contributed by atoms with Gasteiger partial charge in [-0.3, -0.25) is 14.4 Å². The Kier molecular flexibility index (Phi) is 8.44. The highest BCUT2D eigenvalue weighted by molar-refractivity contribution is 7.99. The number of aliphatic hydroxyl groups excluding tert-OH is 1. The van der Waals surface area contributed by atoms with Crippen LogP contribution in [0.15, 0.2) is 91.0 Å². The third-order valence-electron chi connectivity index (χ3n) is 8.34. The van der Waals surface area contributed by atoms with Crippen LogP contribution < -0.4 is 0 Å². The van der Waals surface area contributed by atoms with Gasteiger partial charge in [0.2, 0.25) is 5.60 Å². The minimum Gasteiger partial charge on any atom is -0.389 e. The number of carbonyl (C=O) groups excluding carboxylic acids is 3. The molecule has 3 aromatic rings. The van der Waals surface area contributed by atoms with Gasteiger partial charge in [0.25, 0.3) is 0 Å². The van der Waals surface area contributed by atoms with E-state index < -0.39 is 57.2 Å². The van der Waals surface area contributed by atoms with Crippen molar-refractivity contribution in [3.05, 3.63) is 108 Å². The average Bonchev–Trinajstić information content (AvgIpc) is 2.97. The second-order valence-electron chi connectivity index (χ2n) is 10.4. The van der Waals surface area contributed by atoms with Crippen molar-refractivity contribution in [1.29, 1.82) is 0 Å². The third kappa shape index (κ3) is 4.22. The van der Waals surface area contributed by atoms with E-state index in [-0.39, 0.29) is 0 Å². The average molecular weight is 579 g/mol. The van der Waals surface area contributed by atoms with Gasteiger partial charge in [-0.2, -0.15) is 0 Å².